The van der Waals surface area contributed by atoms with E-state index in [1.807, 2.05) is 0 Å². The molecule has 0 saturated carbocycles. The zero-order valence-corrected chi connectivity index (χ0v) is 11.3. The lowest BCUT2D eigenvalue weighted by Gasteiger charge is -2.35. The smallest absolute Gasteiger partial charge is 0.243 e. The Labute approximate surface area is 111 Å². The van der Waals surface area contributed by atoms with Crippen molar-refractivity contribution in [3.63, 3.8) is 0 Å². The Kier molecular flexibility index (Phi) is 4.19. The minimum atomic E-state index is -3.76. The second-order valence-corrected chi connectivity index (χ2v) is 6.47. The second-order valence-electron chi connectivity index (χ2n) is 4.53. The molecule has 2 atom stereocenters. The topological polar surface area (TPSA) is 66.8 Å². The van der Waals surface area contributed by atoms with Gasteiger partial charge >= 0.3 is 0 Å². The van der Waals surface area contributed by atoms with Crippen molar-refractivity contribution in [2.24, 2.45) is 0 Å². The van der Waals surface area contributed by atoms with E-state index in [1.165, 1.54) is 22.5 Å². The highest BCUT2D eigenvalue weighted by Gasteiger charge is 2.33. The monoisotopic (exact) mass is 289 g/mol. The molecule has 0 radical (unpaired) electrons. The molecule has 0 amide bonds. The standard InChI is InChI=1S/C12H16FNO4S/c1-9-6-14(7-11(8-15)18-9)19(16,17)12-4-2-3-10(13)5-12/h2-5,9,11,15H,6-8H2,1H3. The first-order chi connectivity index (χ1) is 8.93. The molecule has 1 aliphatic rings. The molecule has 2 unspecified atom stereocenters. The number of nitrogens with zero attached hydrogens (tertiary/aromatic N) is 1. The first-order valence-electron chi connectivity index (χ1n) is 5.95. The predicted octanol–water partition coefficient (Wildman–Crippen LogP) is 0.596. The summed E-state index contributed by atoms with van der Waals surface area (Å²) in [6.07, 6.45) is -0.860. The lowest BCUT2D eigenvalue weighted by atomic mass is 10.2. The maximum absolute atomic E-state index is 13.1. The fourth-order valence-corrected chi connectivity index (χ4v) is 3.66. The molecule has 0 spiro atoms. The van der Waals surface area contributed by atoms with Crippen LogP contribution in [-0.4, -0.2) is 49.7 Å². The van der Waals surface area contributed by atoms with Crippen molar-refractivity contribution in [3.8, 4) is 0 Å². The van der Waals surface area contributed by atoms with E-state index in [0.29, 0.717) is 0 Å². The molecule has 106 valence electrons. The molecule has 1 aliphatic heterocycles. The van der Waals surface area contributed by atoms with Crippen molar-refractivity contribution < 1.29 is 22.7 Å². The summed E-state index contributed by atoms with van der Waals surface area (Å²) < 4.78 is 44.5. The number of morpholine rings is 1. The van der Waals surface area contributed by atoms with E-state index >= 15 is 0 Å². The minimum absolute atomic E-state index is 0.0691. The molecule has 1 heterocycles. The van der Waals surface area contributed by atoms with Crippen LogP contribution in [0.1, 0.15) is 6.92 Å². The van der Waals surface area contributed by atoms with E-state index in [-0.39, 0.29) is 30.7 Å². The number of rotatable bonds is 3. The molecule has 1 saturated heterocycles. The summed E-state index contributed by atoms with van der Waals surface area (Å²) >= 11 is 0. The zero-order chi connectivity index (χ0) is 14.0. The number of ether oxygens (including phenoxy) is 1. The van der Waals surface area contributed by atoms with E-state index in [1.54, 1.807) is 6.92 Å². The summed E-state index contributed by atoms with van der Waals surface area (Å²) in [5.74, 6) is -0.596. The largest absolute Gasteiger partial charge is 0.394 e. The highest BCUT2D eigenvalue weighted by atomic mass is 32.2. The van der Waals surface area contributed by atoms with Crippen molar-refractivity contribution in [1.82, 2.24) is 4.31 Å². The maximum atomic E-state index is 13.1. The average Bonchev–Trinajstić information content (AvgIpc) is 2.38. The van der Waals surface area contributed by atoms with Gasteiger partial charge in [0.05, 0.1) is 23.7 Å². The van der Waals surface area contributed by atoms with Gasteiger partial charge in [-0.05, 0) is 25.1 Å². The minimum Gasteiger partial charge on any atom is -0.394 e. The van der Waals surface area contributed by atoms with Crippen molar-refractivity contribution in [1.29, 1.82) is 0 Å². The molecule has 1 fully saturated rings. The van der Waals surface area contributed by atoms with Crippen LogP contribution in [0, 0.1) is 5.82 Å². The zero-order valence-electron chi connectivity index (χ0n) is 10.5. The Bertz CT molecular complexity index is 548. The lowest BCUT2D eigenvalue weighted by molar-refractivity contribution is -0.0750. The number of halogens is 1. The summed E-state index contributed by atoms with van der Waals surface area (Å²) in [6.45, 7) is 1.74. The van der Waals surface area contributed by atoms with Crippen LogP contribution in [0.2, 0.25) is 0 Å². The van der Waals surface area contributed by atoms with E-state index in [9.17, 15) is 12.8 Å². The van der Waals surface area contributed by atoms with Crippen LogP contribution in [0.4, 0.5) is 4.39 Å². The normalized spacial score (nSPS) is 25.4. The Morgan fingerprint density at radius 2 is 2.21 bits per heavy atom. The van der Waals surface area contributed by atoms with Crippen LogP contribution in [-0.2, 0) is 14.8 Å². The molecule has 19 heavy (non-hydrogen) atoms. The fraction of sp³-hybridized carbons (Fsp3) is 0.500. The number of hydrogen-bond acceptors (Lipinski definition) is 4. The van der Waals surface area contributed by atoms with Gasteiger partial charge in [0.25, 0.3) is 0 Å². The molecule has 0 aliphatic carbocycles. The van der Waals surface area contributed by atoms with Gasteiger partial charge in [-0.25, -0.2) is 12.8 Å². The molecule has 1 aromatic carbocycles. The van der Waals surface area contributed by atoms with Gasteiger partial charge in [0.2, 0.25) is 10.0 Å². The predicted molar refractivity (Wildman–Crippen MR) is 66.6 cm³/mol. The highest BCUT2D eigenvalue weighted by molar-refractivity contribution is 7.89. The lowest BCUT2D eigenvalue weighted by Crippen LogP contribution is -2.50. The van der Waals surface area contributed by atoms with E-state index in [4.69, 9.17) is 9.84 Å². The van der Waals surface area contributed by atoms with Crippen LogP contribution in [0.15, 0.2) is 29.2 Å². The molecule has 7 heteroatoms. The number of hydrogen-bond donors (Lipinski definition) is 1. The van der Waals surface area contributed by atoms with Gasteiger partial charge in [-0.2, -0.15) is 4.31 Å². The summed E-state index contributed by atoms with van der Waals surface area (Å²) in [5, 5.41) is 9.10. The Morgan fingerprint density at radius 3 is 2.84 bits per heavy atom. The molecule has 1 aromatic rings. The van der Waals surface area contributed by atoms with Gasteiger partial charge in [0.15, 0.2) is 0 Å². The van der Waals surface area contributed by atoms with Crippen LogP contribution in [0.25, 0.3) is 0 Å². The van der Waals surface area contributed by atoms with Gasteiger partial charge < -0.3 is 9.84 Å². The van der Waals surface area contributed by atoms with Crippen molar-refractivity contribution in [2.45, 2.75) is 24.0 Å². The van der Waals surface area contributed by atoms with Crippen LogP contribution in [0.5, 0.6) is 0 Å². The van der Waals surface area contributed by atoms with Crippen LogP contribution < -0.4 is 0 Å². The molecule has 0 aromatic heterocycles. The number of aliphatic hydroxyl groups excluding tert-OH is 1. The first kappa shape index (κ1) is 14.4. The third-order valence-electron chi connectivity index (χ3n) is 2.93. The van der Waals surface area contributed by atoms with Gasteiger partial charge in [0.1, 0.15) is 5.82 Å². The molecule has 1 N–H and O–H groups in total. The fourth-order valence-electron chi connectivity index (χ4n) is 2.08. The van der Waals surface area contributed by atoms with Crippen molar-refractivity contribution in [3.05, 3.63) is 30.1 Å². The summed E-state index contributed by atoms with van der Waals surface area (Å²) in [6, 6.07) is 4.89. The summed E-state index contributed by atoms with van der Waals surface area (Å²) in [5.41, 5.74) is 0. The molecular weight excluding hydrogens is 273 g/mol. The van der Waals surface area contributed by atoms with Crippen molar-refractivity contribution in [2.75, 3.05) is 19.7 Å². The Balaban J connectivity index is 2.29. The van der Waals surface area contributed by atoms with Crippen molar-refractivity contribution >= 4 is 10.0 Å². The van der Waals surface area contributed by atoms with E-state index in [0.717, 1.165) is 6.07 Å². The number of sulfonamides is 1. The molecule has 0 bridgehead atoms. The third kappa shape index (κ3) is 3.11. The van der Waals surface area contributed by atoms with Crippen LogP contribution in [0.3, 0.4) is 0 Å². The van der Waals surface area contributed by atoms with E-state index in [2.05, 4.69) is 0 Å². The van der Waals surface area contributed by atoms with Gasteiger partial charge in [-0.3, -0.25) is 0 Å². The number of aliphatic hydroxyl groups is 1. The summed E-state index contributed by atoms with van der Waals surface area (Å²) in [7, 11) is -3.76. The number of benzene rings is 1. The van der Waals surface area contributed by atoms with Gasteiger partial charge in [-0.1, -0.05) is 6.07 Å². The maximum Gasteiger partial charge on any atom is 0.243 e. The van der Waals surface area contributed by atoms with Gasteiger partial charge in [-0.15, -0.1) is 0 Å². The molecule has 5 nitrogen and oxygen atoms in total. The average molecular weight is 289 g/mol. The molecular formula is C12H16FNO4S. The highest BCUT2D eigenvalue weighted by Crippen LogP contribution is 2.21. The third-order valence-corrected chi connectivity index (χ3v) is 4.76. The quantitative estimate of drug-likeness (QED) is 0.884. The summed E-state index contributed by atoms with van der Waals surface area (Å²) in [4.78, 5) is -0.0849. The Hall–Kier alpha value is -1.02. The Morgan fingerprint density at radius 1 is 1.47 bits per heavy atom. The first-order valence-corrected chi connectivity index (χ1v) is 7.39. The van der Waals surface area contributed by atoms with Crippen LogP contribution >= 0.6 is 0 Å². The van der Waals surface area contributed by atoms with Gasteiger partial charge in [0, 0.05) is 13.1 Å². The van der Waals surface area contributed by atoms with E-state index < -0.39 is 21.9 Å². The molecule has 2 rings (SSSR count). The second kappa shape index (κ2) is 5.54. The SMILES string of the molecule is CC1CN(S(=O)(=O)c2cccc(F)c2)CC(CO)O1.